The molecule has 2 heterocycles. The number of hydrazine groups is 1. The number of likely N-dealkylation sites (tertiary alicyclic amines) is 2. The summed E-state index contributed by atoms with van der Waals surface area (Å²) in [6.45, 7) is 16.6. The summed E-state index contributed by atoms with van der Waals surface area (Å²) in [6.07, 6.45) is 1.26. The number of aliphatic hydroxyl groups is 1. The summed E-state index contributed by atoms with van der Waals surface area (Å²) < 4.78 is 57.1. The fourth-order valence-electron chi connectivity index (χ4n) is 4.33. The van der Waals surface area contributed by atoms with Crippen molar-refractivity contribution in [2.24, 2.45) is 10.9 Å². The Kier molecular flexibility index (Phi) is 18.6. The minimum atomic E-state index is -3.67. The number of carbonyl (C=O) groups excluding carboxylic acids is 3. The van der Waals surface area contributed by atoms with E-state index < -0.39 is 31.2 Å². The van der Waals surface area contributed by atoms with Gasteiger partial charge in [-0.1, -0.05) is 35.4 Å². The first kappa shape index (κ1) is 46.9. The summed E-state index contributed by atoms with van der Waals surface area (Å²) in [4.78, 5) is 42.0. The molecule has 0 aliphatic carbocycles. The first-order valence-corrected chi connectivity index (χ1v) is 19.8. The van der Waals surface area contributed by atoms with Gasteiger partial charge < -0.3 is 24.4 Å². The minimum absolute atomic E-state index is 0.175. The Hall–Kier alpha value is -4.10. The molecule has 2 aromatic rings. The molecule has 16 nitrogen and oxygen atoms in total. The number of sulfonamides is 2. The lowest BCUT2D eigenvalue weighted by Gasteiger charge is -2.30. The quantitative estimate of drug-likeness (QED) is 0.250. The number of piperidine rings is 2. The van der Waals surface area contributed by atoms with Crippen LogP contribution >= 0.6 is 0 Å². The van der Waals surface area contributed by atoms with E-state index in [1.807, 2.05) is 55.4 Å². The highest BCUT2D eigenvalue weighted by Crippen LogP contribution is 2.16. The number of aliphatic hydroxyl groups excluding tert-OH is 1. The predicted octanol–water partition coefficient (Wildman–Crippen LogP) is 4.00. The van der Waals surface area contributed by atoms with Crippen molar-refractivity contribution in [2.75, 3.05) is 33.3 Å². The van der Waals surface area contributed by atoms with E-state index in [9.17, 15) is 31.2 Å². The van der Waals surface area contributed by atoms with E-state index >= 15 is 0 Å². The van der Waals surface area contributed by atoms with Crippen molar-refractivity contribution in [3.05, 3.63) is 59.7 Å². The summed E-state index contributed by atoms with van der Waals surface area (Å²) in [6, 6.07) is 13.0. The number of hydrogen-bond acceptors (Lipinski definition) is 12. The largest absolute Gasteiger partial charge is 0.444 e. The number of Topliss-reactive ketones (excluding diaryl/α,β-unsaturated/α-hetero) is 1. The van der Waals surface area contributed by atoms with E-state index in [2.05, 4.69) is 9.93 Å². The smallest absolute Gasteiger partial charge is 0.410 e. The van der Waals surface area contributed by atoms with Gasteiger partial charge in [0.15, 0.2) is 0 Å². The van der Waals surface area contributed by atoms with Gasteiger partial charge in [-0.15, -0.1) is 0 Å². The number of aryl methyl sites for hydroxylation is 2. The molecule has 2 aromatic carbocycles. The lowest BCUT2D eigenvalue weighted by Crippen LogP contribution is -2.42. The molecule has 2 saturated heterocycles. The van der Waals surface area contributed by atoms with E-state index in [1.54, 1.807) is 51.0 Å². The van der Waals surface area contributed by atoms with Crippen LogP contribution in [0.5, 0.6) is 0 Å². The standard InChI is InChI=1S/C17H25N3O4S.C10H17NO3.C7H10N2O2S.CH4O/c1-13-5-7-15(8-6-13)25(22,23)19-18-14-9-11-20(12-10-14)16(21)24-17(2,3)4;1-10(2,3)14-9(13)11-6-4-8(12)5-7-11;1-6-2-4-7(5-3-6)12(10,11)9-8;1-2/h5-8,19H,9-12H2,1-4H3;4-7H2,1-3H3;2-5,9H,8H2,1H3;2H,1H3. The number of nitrogens with one attached hydrogen (secondary N) is 2. The second-order valence-electron chi connectivity index (χ2n) is 14.0. The average molecular weight is 785 g/mol. The van der Waals surface area contributed by atoms with Gasteiger partial charge in [0.05, 0.1) is 9.79 Å². The predicted molar refractivity (Wildman–Crippen MR) is 202 cm³/mol. The number of ether oxygens (including phenoxy) is 2. The van der Waals surface area contributed by atoms with Crippen LogP contribution in [-0.4, -0.2) is 99.9 Å². The summed E-state index contributed by atoms with van der Waals surface area (Å²) in [5.41, 5.74) is 1.72. The molecule has 2 aliphatic rings. The highest BCUT2D eigenvalue weighted by molar-refractivity contribution is 7.89. The molecule has 0 radical (unpaired) electrons. The number of carbonyl (C=O) groups is 3. The lowest BCUT2D eigenvalue weighted by atomic mass is 10.1. The first-order valence-electron chi connectivity index (χ1n) is 16.9. The van der Waals surface area contributed by atoms with E-state index in [1.165, 1.54) is 12.1 Å². The van der Waals surface area contributed by atoms with Crippen molar-refractivity contribution >= 4 is 43.7 Å². The van der Waals surface area contributed by atoms with Crippen LogP contribution in [0.2, 0.25) is 0 Å². The Morgan fingerprint density at radius 2 is 1.02 bits per heavy atom. The topological polar surface area (TPSA) is 227 Å². The number of nitrogens with zero attached hydrogens (tertiary/aromatic N) is 3. The van der Waals surface area contributed by atoms with Crippen molar-refractivity contribution in [3.63, 3.8) is 0 Å². The summed E-state index contributed by atoms with van der Waals surface area (Å²) in [5.74, 6) is 5.07. The monoisotopic (exact) mass is 784 g/mol. The Balaban J connectivity index is 0.000000424. The molecule has 5 N–H and O–H groups in total. The van der Waals surface area contributed by atoms with Crippen molar-refractivity contribution in [2.45, 2.75) is 102 Å². The molecule has 0 unspecified atom stereocenters. The average Bonchev–Trinajstić information content (AvgIpc) is 3.08. The van der Waals surface area contributed by atoms with Crippen LogP contribution in [0, 0.1) is 13.8 Å². The third kappa shape index (κ3) is 18.0. The second kappa shape index (κ2) is 21.0. The van der Waals surface area contributed by atoms with E-state index in [4.69, 9.17) is 20.4 Å². The fraction of sp³-hybridized carbons (Fsp3) is 0.543. The molecule has 0 atom stereocenters. The number of amides is 2. The number of hydrazone groups is 1. The van der Waals surface area contributed by atoms with Gasteiger partial charge in [-0.3, -0.25) is 10.6 Å². The zero-order chi connectivity index (χ0) is 40.6. The zero-order valence-electron chi connectivity index (χ0n) is 32.1. The maximum Gasteiger partial charge on any atom is 0.410 e. The van der Waals surface area contributed by atoms with Crippen LogP contribution in [0.25, 0.3) is 0 Å². The highest BCUT2D eigenvalue weighted by atomic mass is 32.2. The third-order valence-electron chi connectivity index (χ3n) is 7.11. The van der Waals surface area contributed by atoms with Gasteiger partial charge in [-0.2, -0.15) is 18.4 Å². The molecule has 53 heavy (non-hydrogen) atoms. The van der Waals surface area contributed by atoms with Gasteiger partial charge in [-0.25, -0.2) is 22.8 Å². The molecule has 0 spiro atoms. The van der Waals surface area contributed by atoms with Gasteiger partial charge >= 0.3 is 12.2 Å². The molecular weight excluding hydrogens is 729 g/mol. The molecule has 18 heteroatoms. The van der Waals surface area contributed by atoms with Crippen LogP contribution in [0.4, 0.5) is 9.59 Å². The molecule has 0 saturated carbocycles. The SMILES string of the molecule is CC(C)(C)OC(=O)N1CCC(=O)CC1.CO.Cc1ccc(S(=O)(=O)NN)cc1.Cc1ccc(S(=O)(=O)NN=C2CCN(C(=O)OC(C)(C)C)CC2)cc1. The molecular formula is C35H56N6O10S2. The summed E-state index contributed by atoms with van der Waals surface area (Å²) in [5, 5.41) is 11.0. The van der Waals surface area contributed by atoms with Gasteiger partial charge in [0.25, 0.3) is 20.0 Å². The maximum absolute atomic E-state index is 12.2. The van der Waals surface area contributed by atoms with Gasteiger partial charge in [0, 0.05) is 64.7 Å². The fourth-order valence-corrected chi connectivity index (χ4v) is 5.81. The van der Waals surface area contributed by atoms with Crippen molar-refractivity contribution < 1.29 is 45.8 Å². The maximum atomic E-state index is 12.2. The van der Waals surface area contributed by atoms with Crippen molar-refractivity contribution in [1.29, 1.82) is 0 Å². The van der Waals surface area contributed by atoms with Crippen LogP contribution in [-0.2, 0) is 34.3 Å². The highest BCUT2D eigenvalue weighted by Gasteiger charge is 2.27. The van der Waals surface area contributed by atoms with E-state index in [0.717, 1.165) is 23.9 Å². The molecule has 298 valence electrons. The Morgan fingerprint density at radius 1 is 0.679 bits per heavy atom. The van der Waals surface area contributed by atoms with Crippen molar-refractivity contribution in [3.8, 4) is 0 Å². The number of benzene rings is 2. The van der Waals surface area contributed by atoms with Crippen LogP contribution < -0.4 is 15.5 Å². The minimum Gasteiger partial charge on any atom is -0.444 e. The molecule has 0 bridgehead atoms. The number of nitrogens with two attached hydrogens (primary N) is 1. The van der Waals surface area contributed by atoms with E-state index in [-0.39, 0.29) is 27.8 Å². The van der Waals surface area contributed by atoms with Gasteiger partial charge in [0.1, 0.15) is 17.0 Å². The summed E-state index contributed by atoms with van der Waals surface area (Å²) >= 11 is 0. The third-order valence-corrected chi connectivity index (χ3v) is 9.53. The van der Waals surface area contributed by atoms with Crippen molar-refractivity contribution in [1.82, 2.24) is 19.5 Å². The van der Waals surface area contributed by atoms with Gasteiger partial charge in [0.2, 0.25) is 0 Å². The van der Waals surface area contributed by atoms with Crippen LogP contribution in [0.1, 0.15) is 78.4 Å². The summed E-state index contributed by atoms with van der Waals surface area (Å²) in [7, 11) is -6.16. The molecule has 2 aliphatic heterocycles. The van der Waals surface area contributed by atoms with E-state index in [0.29, 0.717) is 51.9 Å². The first-order chi connectivity index (χ1) is 24.5. The Labute approximate surface area is 314 Å². The van der Waals surface area contributed by atoms with Crippen LogP contribution in [0.15, 0.2) is 63.4 Å². The number of rotatable bonds is 5. The van der Waals surface area contributed by atoms with Gasteiger partial charge in [-0.05, 0) is 79.7 Å². The molecule has 4 rings (SSSR count). The molecule has 2 amide bonds. The normalized spacial score (nSPS) is 14.9. The van der Waals surface area contributed by atoms with Crippen LogP contribution in [0.3, 0.4) is 0 Å². The lowest BCUT2D eigenvalue weighted by molar-refractivity contribution is -0.121. The number of hydrogen-bond donors (Lipinski definition) is 4. The number of ketones is 1. The molecule has 2 fully saturated rings. The molecule has 0 aromatic heterocycles. The Morgan fingerprint density at radius 3 is 1.36 bits per heavy atom. The second-order valence-corrected chi connectivity index (χ2v) is 17.4. The zero-order valence-corrected chi connectivity index (χ0v) is 33.8. The Bertz CT molecular complexity index is 1710.